The molecule has 3 aromatic carbocycles. The zero-order valence-electron chi connectivity index (χ0n) is 29.6. The standard InChI is InChI=1S/C41H40F3N5O3S/c1-48(2)36-18-13-28(23-45-36)27-12-15-31(32(22-27)41(42,43)44)39-46-33-16-11-26(21-35(33)53-39)9-7-5-3-4-6-8-25-10-14-30-29(20-25)24-49(40(30)52)34-17-19-37(50)47-38(34)51/h10-16,18,20-23,34H,3-9,17,19,24H2,1-2H3,(H,47,50,51). The Morgan fingerprint density at radius 2 is 1.55 bits per heavy atom. The second-order valence-electron chi connectivity index (χ2n) is 14.0. The fourth-order valence-corrected chi connectivity index (χ4v) is 8.25. The molecule has 0 spiro atoms. The summed E-state index contributed by atoms with van der Waals surface area (Å²) in [5, 5.41) is 2.69. The molecule has 8 nitrogen and oxygen atoms in total. The number of nitrogens with one attached hydrogen (secondary N) is 1. The number of hydrogen-bond acceptors (Lipinski definition) is 7. The van der Waals surface area contributed by atoms with Crippen molar-refractivity contribution in [1.29, 1.82) is 0 Å². The minimum Gasteiger partial charge on any atom is -0.363 e. The van der Waals surface area contributed by atoms with E-state index in [9.17, 15) is 27.6 Å². The van der Waals surface area contributed by atoms with Crippen molar-refractivity contribution in [3.63, 3.8) is 0 Å². The molecule has 1 fully saturated rings. The number of carbonyl (C=O) groups is 3. The van der Waals surface area contributed by atoms with Gasteiger partial charge < -0.3 is 9.80 Å². The molecule has 0 saturated carbocycles. The Kier molecular flexibility index (Phi) is 10.3. The van der Waals surface area contributed by atoms with Gasteiger partial charge in [-0.25, -0.2) is 9.97 Å². The maximum absolute atomic E-state index is 14.3. The molecule has 1 saturated heterocycles. The summed E-state index contributed by atoms with van der Waals surface area (Å²) in [6, 6.07) is 19.2. The summed E-state index contributed by atoms with van der Waals surface area (Å²) in [4.78, 5) is 49.2. The summed E-state index contributed by atoms with van der Waals surface area (Å²) in [6.07, 6.45) is 4.70. The van der Waals surface area contributed by atoms with Crippen LogP contribution < -0.4 is 10.2 Å². The van der Waals surface area contributed by atoms with Crippen molar-refractivity contribution in [2.45, 2.75) is 76.6 Å². The fraction of sp³-hybridized carbons (Fsp3) is 0.341. The van der Waals surface area contributed by atoms with Crippen molar-refractivity contribution in [3.05, 3.63) is 101 Å². The van der Waals surface area contributed by atoms with Gasteiger partial charge in [0.1, 0.15) is 16.9 Å². The number of amides is 3. The minimum absolute atomic E-state index is 0.0736. The fourth-order valence-electron chi connectivity index (χ4n) is 7.18. The average molecular weight is 740 g/mol. The van der Waals surface area contributed by atoms with E-state index < -0.39 is 23.7 Å². The van der Waals surface area contributed by atoms with Crippen LogP contribution in [-0.4, -0.2) is 52.7 Å². The van der Waals surface area contributed by atoms with Gasteiger partial charge in [-0.1, -0.05) is 49.6 Å². The van der Waals surface area contributed by atoms with Gasteiger partial charge in [-0.3, -0.25) is 19.7 Å². The molecule has 5 aromatic rings. The normalized spacial score (nSPS) is 16.0. The quantitative estimate of drug-likeness (QED) is 0.102. The molecule has 12 heteroatoms. The minimum atomic E-state index is -4.55. The Morgan fingerprint density at radius 3 is 2.25 bits per heavy atom. The zero-order chi connectivity index (χ0) is 37.3. The Labute approximate surface area is 310 Å². The summed E-state index contributed by atoms with van der Waals surface area (Å²) >= 11 is 1.28. The van der Waals surface area contributed by atoms with Gasteiger partial charge in [-0.2, -0.15) is 13.2 Å². The van der Waals surface area contributed by atoms with E-state index in [2.05, 4.69) is 27.4 Å². The second kappa shape index (κ2) is 15.1. The van der Waals surface area contributed by atoms with Crippen LogP contribution in [-0.2, 0) is 35.2 Å². The molecule has 53 heavy (non-hydrogen) atoms. The Hall–Kier alpha value is -5.10. The predicted octanol–water partition coefficient (Wildman–Crippen LogP) is 8.61. The van der Waals surface area contributed by atoms with Crippen LogP contribution in [0.25, 0.3) is 31.9 Å². The lowest BCUT2D eigenvalue weighted by atomic mass is 10.00. The number of carbonyl (C=O) groups excluding carboxylic acids is 3. The van der Waals surface area contributed by atoms with E-state index in [1.54, 1.807) is 29.3 Å². The van der Waals surface area contributed by atoms with Crippen LogP contribution in [0.3, 0.4) is 0 Å². The number of aryl methyl sites for hydroxylation is 2. The number of thiazole rings is 1. The average Bonchev–Trinajstić information content (AvgIpc) is 3.70. The molecule has 2 aliphatic rings. The van der Waals surface area contributed by atoms with Gasteiger partial charge in [-0.15, -0.1) is 11.3 Å². The molecule has 7 rings (SSSR count). The lowest BCUT2D eigenvalue weighted by molar-refractivity contribution is -0.138. The smallest absolute Gasteiger partial charge is 0.363 e. The van der Waals surface area contributed by atoms with Crippen molar-refractivity contribution < 1.29 is 27.6 Å². The van der Waals surface area contributed by atoms with E-state index in [-0.39, 0.29) is 23.8 Å². The molecule has 2 aromatic heterocycles. The lowest BCUT2D eigenvalue weighted by Crippen LogP contribution is -2.52. The van der Waals surface area contributed by atoms with E-state index in [1.807, 2.05) is 43.3 Å². The molecule has 0 radical (unpaired) electrons. The number of imide groups is 1. The van der Waals surface area contributed by atoms with Crippen molar-refractivity contribution in [2.75, 3.05) is 19.0 Å². The summed E-state index contributed by atoms with van der Waals surface area (Å²) in [7, 11) is 3.71. The first-order valence-corrected chi connectivity index (χ1v) is 18.8. The second-order valence-corrected chi connectivity index (χ2v) is 15.1. The van der Waals surface area contributed by atoms with E-state index in [4.69, 9.17) is 0 Å². The zero-order valence-corrected chi connectivity index (χ0v) is 30.4. The molecular weight excluding hydrogens is 700 g/mol. The van der Waals surface area contributed by atoms with Gasteiger partial charge >= 0.3 is 6.18 Å². The van der Waals surface area contributed by atoms with Gasteiger partial charge in [0.2, 0.25) is 11.8 Å². The van der Waals surface area contributed by atoms with Crippen molar-refractivity contribution in [3.8, 4) is 21.7 Å². The molecule has 0 bridgehead atoms. The molecule has 1 unspecified atom stereocenters. The van der Waals surface area contributed by atoms with Crippen LogP contribution in [0.15, 0.2) is 72.9 Å². The van der Waals surface area contributed by atoms with E-state index in [1.165, 1.54) is 29.0 Å². The number of hydrogen-bond donors (Lipinski definition) is 1. The highest BCUT2D eigenvalue weighted by atomic mass is 32.1. The summed E-state index contributed by atoms with van der Waals surface area (Å²) in [5.41, 5.74) is 4.99. The highest BCUT2D eigenvalue weighted by molar-refractivity contribution is 7.21. The molecule has 0 aliphatic carbocycles. The summed E-state index contributed by atoms with van der Waals surface area (Å²) < 4.78 is 43.9. The van der Waals surface area contributed by atoms with Crippen LogP contribution in [0.2, 0.25) is 0 Å². The topological polar surface area (TPSA) is 95.5 Å². The monoisotopic (exact) mass is 739 g/mol. The number of aromatic nitrogens is 2. The van der Waals surface area contributed by atoms with Gasteiger partial charge in [0.25, 0.3) is 5.91 Å². The van der Waals surface area contributed by atoms with Crippen LogP contribution in [0.4, 0.5) is 19.0 Å². The number of nitrogens with zero attached hydrogens (tertiary/aromatic N) is 4. The van der Waals surface area contributed by atoms with Crippen LogP contribution in [0.5, 0.6) is 0 Å². The predicted molar refractivity (Wildman–Crippen MR) is 201 cm³/mol. The Bertz CT molecular complexity index is 2180. The van der Waals surface area contributed by atoms with E-state index in [0.717, 1.165) is 66.6 Å². The van der Waals surface area contributed by atoms with Crippen LogP contribution in [0.1, 0.15) is 77.6 Å². The molecule has 1 atom stereocenters. The van der Waals surface area contributed by atoms with Gasteiger partial charge in [0.05, 0.1) is 15.8 Å². The number of alkyl halides is 3. The van der Waals surface area contributed by atoms with Gasteiger partial charge in [-0.05, 0) is 90.8 Å². The number of halogens is 3. The molecule has 1 N–H and O–H groups in total. The van der Waals surface area contributed by atoms with Gasteiger partial charge in [0.15, 0.2) is 0 Å². The summed E-state index contributed by atoms with van der Waals surface area (Å²) in [6.45, 7) is 0.385. The maximum Gasteiger partial charge on any atom is 0.417 e. The third-order valence-electron chi connectivity index (χ3n) is 10.1. The Morgan fingerprint density at radius 1 is 0.849 bits per heavy atom. The molecule has 3 amide bonds. The largest absolute Gasteiger partial charge is 0.417 e. The third kappa shape index (κ3) is 7.97. The van der Waals surface area contributed by atoms with Crippen LogP contribution >= 0.6 is 11.3 Å². The SMILES string of the molecule is CN(C)c1ccc(-c2ccc(-c3nc4ccc(CCCCCCCc5ccc6c(c5)CN(C5CCC(=O)NC5=O)C6=O)cc4s3)c(C(F)(F)F)c2)cn1. The number of unbranched alkanes of at least 4 members (excludes halogenated alkanes) is 4. The maximum atomic E-state index is 14.3. The van der Waals surface area contributed by atoms with Crippen molar-refractivity contribution in [1.82, 2.24) is 20.2 Å². The molecular formula is C41H40F3N5O3S. The first-order chi connectivity index (χ1) is 25.4. The number of pyridine rings is 1. The van der Waals surface area contributed by atoms with Crippen molar-refractivity contribution in [2.24, 2.45) is 0 Å². The third-order valence-corrected chi connectivity index (χ3v) is 11.1. The molecule has 274 valence electrons. The van der Waals surface area contributed by atoms with Crippen LogP contribution in [0, 0.1) is 0 Å². The number of fused-ring (bicyclic) bond motifs is 2. The van der Waals surface area contributed by atoms with Gasteiger partial charge in [0, 0.05) is 49.9 Å². The van der Waals surface area contributed by atoms with Crippen molar-refractivity contribution >= 4 is 45.1 Å². The van der Waals surface area contributed by atoms with E-state index >= 15 is 0 Å². The number of anilines is 1. The van der Waals surface area contributed by atoms with E-state index in [0.29, 0.717) is 40.2 Å². The molecule has 4 heterocycles. The first kappa shape index (κ1) is 36.3. The highest BCUT2D eigenvalue weighted by Gasteiger charge is 2.39. The number of piperidine rings is 1. The highest BCUT2D eigenvalue weighted by Crippen LogP contribution is 2.42. The number of benzene rings is 3. The first-order valence-electron chi connectivity index (χ1n) is 18.0. The molecule has 2 aliphatic heterocycles. The number of rotatable bonds is 12. The Balaban J connectivity index is 0.905. The lowest BCUT2D eigenvalue weighted by Gasteiger charge is -2.29. The summed E-state index contributed by atoms with van der Waals surface area (Å²) in [5.74, 6) is -0.125.